The molecule has 110 valence electrons. The maximum Gasteiger partial charge on any atom is 0.264 e. The summed E-state index contributed by atoms with van der Waals surface area (Å²) in [5, 5.41) is 0. The van der Waals surface area contributed by atoms with Crippen molar-refractivity contribution in [2.75, 3.05) is 0 Å². The van der Waals surface area contributed by atoms with Crippen molar-refractivity contribution in [1.29, 1.82) is 0 Å². The van der Waals surface area contributed by atoms with Gasteiger partial charge in [0.05, 0.1) is 14.4 Å². The third kappa shape index (κ3) is 4.48. The zero-order chi connectivity index (χ0) is 15.5. The summed E-state index contributed by atoms with van der Waals surface area (Å²) in [6.45, 7) is 1.15. The van der Waals surface area contributed by atoms with E-state index in [0.29, 0.717) is 5.69 Å². The first-order valence-electron chi connectivity index (χ1n) is 5.80. The molecular formula is C13H11BrN2O3S2. The SMILES string of the molecule is CC(=O)NS(=O)(=O)c1ccc(N=Cc2ccc(Br)s2)cc1. The standard InChI is InChI=1S/C13H11BrN2O3S2/c1-9(17)16-21(18,19)12-5-2-10(3-6-12)15-8-11-4-7-13(14)20-11/h2-8H,1H3,(H,16,17). The van der Waals surface area contributed by atoms with Gasteiger partial charge in [0.25, 0.3) is 10.0 Å². The van der Waals surface area contributed by atoms with Gasteiger partial charge in [-0.15, -0.1) is 11.3 Å². The molecule has 0 aliphatic carbocycles. The van der Waals surface area contributed by atoms with Gasteiger partial charge in [0.15, 0.2) is 0 Å². The number of amides is 1. The number of nitrogens with one attached hydrogen (secondary N) is 1. The number of rotatable bonds is 4. The molecule has 0 aliphatic rings. The Labute approximate surface area is 134 Å². The molecule has 0 unspecified atom stereocenters. The lowest BCUT2D eigenvalue weighted by molar-refractivity contribution is -0.117. The Hall–Kier alpha value is -1.51. The molecule has 8 heteroatoms. The van der Waals surface area contributed by atoms with Gasteiger partial charge in [0.1, 0.15) is 0 Å². The molecule has 0 saturated carbocycles. The molecule has 1 heterocycles. The van der Waals surface area contributed by atoms with E-state index in [-0.39, 0.29) is 4.90 Å². The van der Waals surface area contributed by atoms with Crippen LogP contribution in [0.4, 0.5) is 5.69 Å². The van der Waals surface area contributed by atoms with Crippen LogP contribution in [0.2, 0.25) is 0 Å². The van der Waals surface area contributed by atoms with Gasteiger partial charge < -0.3 is 0 Å². The van der Waals surface area contributed by atoms with E-state index >= 15 is 0 Å². The van der Waals surface area contributed by atoms with Crippen LogP contribution in [0.3, 0.4) is 0 Å². The molecule has 0 spiro atoms. The number of thiophene rings is 1. The number of sulfonamides is 1. The van der Waals surface area contributed by atoms with Crippen LogP contribution in [0.5, 0.6) is 0 Å². The predicted molar refractivity (Wildman–Crippen MR) is 86.7 cm³/mol. The molecule has 0 atom stereocenters. The van der Waals surface area contributed by atoms with Gasteiger partial charge in [-0.2, -0.15) is 0 Å². The summed E-state index contributed by atoms with van der Waals surface area (Å²) < 4.78 is 26.4. The van der Waals surface area contributed by atoms with Crippen molar-refractivity contribution in [3.8, 4) is 0 Å². The van der Waals surface area contributed by atoms with Crippen molar-refractivity contribution in [3.05, 3.63) is 45.1 Å². The summed E-state index contributed by atoms with van der Waals surface area (Å²) in [5.74, 6) is -0.625. The minimum Gasteiger partial charge on any atom is -0.274 e. The summed E-state index contributed by atoms with van der Waals surface area (Å²) in [4.78, 5) is 16.1. The number of nitrogens with zero attached hydrogens (tertiary/aromatic N) is 1. The molecule has 0 radical (unpaired) electrons. The van der Waals surface area contributed by atoms with E-state index in [1.165, 1.54) is 12.1 Å². The normalized spacial score (nSPS) is 11.7. The fourth-order valence-electron chi connectivity index (χ4n) is 1.50. The monoisotopic (exact) mass is 386 g/mol. The van der Waals surface area contributed by atoms with Gasteiger partial charge in [-0.3, -0.25) is 9.79 Å². The summed E-state index contributed by atoms with van der Waals surface area (Å²) >= 11 is 4.91. The van der Waals surface area contributed by atoms with Gasteiger partial charge in [-0.25, -0.2) is 13.1 Å². The van der Waals surface area contributed by atoms with E-state index in [0.717, 1.165) is 15.6 Å². The molecule has 0 bridgehead atoms. The van der Waals surface area contributed by atoms with E-state index in [4.69, 9.17) is 0 Å². The van der Waals surface area contributed by atoms with Crippen molar-refractivity contribution in [1.82, 2.24) is 4.72 Å². The molecule has 2 rings (SSSR count). The van der Waals surface area contributed by atoms with Crippen LogP contribution < -0.4 is 4.72 Å². The van der Waals surface area contributed by atoms with Crippen molar-refractivity contribution < 1.29 is 13.2 Å². The zero-order valence-electron chi connectivity index (χ0n) is 10.9. The van der Waals surface area contributed by atoms with Crippen LogP contribution in [0.25, 0.3) is 0 Å². The lowest BCUT2D eigenvalue weighted by Gasteiger charge is -2.04. The Kier molecular flexibility index (Phi) is 4.92. The fourth-order valence-corrected chi connectivity index (χ4v) is 3.78. The number of carbonyl (C=O) groups is 1. The first-order chi connectivity index (χ1) is 9.87. The van der Waals surface area contributed by atoms with Crippen LogP contribution in [0, 0.1) is 0 Å². The van der Waals surface area contributed by atoms with E-state index in [1.54, 1.807) is 29.7 Å². The second-order valence-corrected chi connectivity index (χ2v) is 8.23. The van der Waals surface area contributed by atoms with Gasteiger partial charge in [-0.05, 0) is 52.3 Å². The Morgan fingerprint density at radius 3 is 2.43 bits per heavy atom. The van der Waals surface area contributed by atoms with E-state index in [1.807, 2.05) is 16.9 Å². The highest BCUT2D eigenvalue weighted by molar-refractivity contribution is 9.11. The topological polar surface area (TPSA) is 75.6 Å². The van der Waals surface area contributed by atoms with Crippen molar-refractivity contribution in [2.24, 2.45) is 4.99 Å². The molecule has 1 aromatic heterocycles. The van der Waals surface area contributed by atoms with Crippen LogP contribution >= 0.6 is 27.3 Å². The van der Waals surface area contributed by atoms with Gasteiger partial charge in [0, 0.05) is 18.0 Å². The minimum atomic E-state index is -3.80. The van der Waals surface area contributed by atoms with E-state index in [2.05, 4.69) is 20.9 Å². The maximum atomic E-state index is 11.8. The number of benzene rings is 1. The highest BCUT2D eigenvalue weighted by Crippen LogP contribution is 2.22. The molecule has 0 saturated heterocycles. The second kappa shape index (κ2) is 6.50. The number of hydrogen-bond acceptors (Lipinski definition) is 5. The van der Waals surface area contributed by atoms with Gasteiger partial charge in [-0.1, -0.05) is 0 Å². The van der Waals surface area contributed by atoms with Crippen LogP contribution in [0.15, 0.2) is 50.1 Å². The smallest absolute Gasteiger partial charge is 0.264 e. The molecule has 21 heavy (non-hydrogen) atoms. The van der Waals surface area contributed by atoms with Crippen LogP contribution in [-0.4, -0.2) is 20.5 Å². The lowest BCUT2D eigenvalue weighted by Crippen LogP contribution is -2.28. The Morgan fingerprint density at radius 2 is 1.90 bits per heavy atom. The van der Waals surface area contributed by atoms with Crippen LogP contribution in [-0.2, 0) is 14.8 Å². The van der Waals surface area contributed by atoms with Crippen molar-refractivity contribution in [2.45, 2.75) is 11.8 Å². The number of aliphatic imine (C=N–C) groups is 1. The molecule has 5 nitrogen and oxygen atoms in total. The third-order valence-corrected chi connectivity index (χ3v) is 5.37. The van der Waals surface area contributed by atoms with Crippen molar-refractivity contribution >= 4 is 55.1 Å². The average Bonchev–Trinajstić information content (AvgIpc) is 2.81. The van der Waals surface area contributed by atoms with Gasteiger partial charge in [0.2, 0.25) is 5.91 Å². The Balaban J connectivity index is 2.16. The summed E-state index contributed by atoms with van der Waals surface area (Å²) in [6.07, 6.45) is 1.70. The van der Waals surface area contributed by atoms with Crippen molar-refractivity contribution in [3.63, 3.8) is 0 Å². The number of carbonyl (C=O) groups excluding carboxylic acids is 1. The molecular weight excluding hydrogens is 376 g/mol. The quantitative estimate of drug-likeness (QED) is 0.820. The first-order valence-corrected chi connectivity index (χ1v) is 8.89. The fraction of sp³-hybridized carbons (Fsp3) is 0.0769. The van der Waals surface area contributed by atoms with Crippen LogP contribution in [0.1, 0.15) is 11.8 Å². The highest BCUT2D eigenvalue weighted by atomic mass is 79.9. The largest absolute Gasteiger partial charge is 0.274 e. The zero-order valence-corrected chi connectivity index (χ0v) is 14.1. The summed E-state index contributed by atoms with van der Waals surface area (Å²) in [7, 11) is -3.80. The third-order valence-electron chi connectivity index (χ3n) is 2.36. The molecule has 0 aliphatic heterocycles. The maximum absolute atomic E-state index is 11.8. The molecule has 1 aromatic carbocycles. The van der Waals surface area contributed by atoms with E-state index in [9.17, 15) is 13.2 Å². The van der Waals surface area contributed by atoms with E-state index < -0.39 is 15.9 Å². The average molecular weight is 387 g/mol. The minimum absolute atomic E-state index is 0.0236. The Bertz CT molecular complexity index is 780. The number of halogens is 1. The summed E-state index contributed by atoms with van der Waals surface area (Å²) in [6, 6.07) is 9.81. The lowest BCUT2D eigenvalue weighted by atomic mass is 10.3. The summed E-state index contributed by atoms with van der Waals surface area (Å²) in [5.41, 5.74) is 0.626. The molecule has 1 N–H and O–H groups in total. The number of hydrogen-bond donors (Lipinski definition) is 1. The molecule has 2 aromatic rings. The second-order valence-electron chi connectivity index (χ2n) is 4.06. The molecule has 1 amide bonds. The first kappa shape index (κ1) is 15.9. The highest BCUT2D eigenvalue weighted by Gasteiger charge is 2.14. The Morgan fingerprint density at radius 1 is 1.24 bits per heavy atom. The van der Waals surface area contributed by atoms with Gasteiger partial charge >= 0.3 is 0 Å². The molecule has 0 fully saturated rings. The predicted octanol–water partition coefficient (Wildman–Crippen LogP) is 3.09.